The Morgan fingerprint density at radius 2 is 2.00 bits per heavy atom. The minimum absolute atomic E-state index is 0.0854. The lowest BCUT2D eigenvalue weighted by Gasteiger charge is -2.33. The van der Waals surface area contributed by atoms with Gasteiger partial charge in [-0.15, -0.1) is 11.3 Å². The first-order chi connectivity index (χ1) is 14.8. The van der Waals surface area contributed by atoms with Crippen LogP contribution >= 0.6 is 11.3 Å². The number of aromatic nitrogens is 1. The van der Waals surface area contributed by atoms with E-state index in [0.29, 0.717) is 0 Å². The highest BCUT2D eigenvalue weighted by molar-refractivity contribution is 7.18. The smallest absolute Gasteiger partial charge is 0.310 e. The van der Waals surface area contributed by atoms with Crippen LogP contribution in [0.2, 0.25) is 0 Å². The summed E-state index contributed by atoms with van der Waals surface area (Å²) in [6, 6.07) is 4.69. The van der Waals surface area contributed by atoms with E-state index < -0.39 is 47.7 Å². The second-order valence-corrected chi connectivity index (χ2v) is 7.65. The fourth-order valence-corrected chi connectivity index (χ4v) is 4.16. The maximum absolute atomic E-state index is 14.4. The van der Waals surface area contributed by atoms with Gasteiger partial charge in [-0.2, -0.15) is 0 Å². The zero-order valence-electron chi connectivity index (χ0n) is 16.0. The van der Waals surface area contributed by atoms with Gasteiger partial charge in [-0.05, 0) is 19.1 Å². The number of fused-ring (bicyclic) bond motifs is 2. The van der Waals surface area contributed by atoms with Crippen LogP contribution in [0.3, 0.4) is 0 Å². The van der Waals surface area contributed by atoms with Crippen molar-refractivity contribution in [2.45, 2.75) is 26.0 Å². The van der Waals surface area contributed by atoms with Crippen molar-refractivity contribution < 1.29 is 36.6 Å². The van der Waals surface area contributed by atoms with Gasteiger partial charge in [0.15, 0.2) is 35.1 Å². The highest BCUT2D eigenvalue weighted by Crippen LogP contribution is 2.39. The normalized spacial score (nSPS) is 15.7. The van der Waals surface area contributed by atoms with E-state index in [4.69, 9.17) is 9.47 Å². The summed E-state index contributed by atoms with van der Waals surface area (Å²) >= 11 is 0.732. The standard InChI is InChI=1S/C20H14F4N2O4S/c1-2-29-15(27)7-13-20(28)26(12-5-3-4-9(21)18(12)30-13)8-14-25-11-6-10(22)16(23)17(24)19(11)31-14/h3-6,13H,2,7-8H2,1H3. The number of carbonyl (C=O) groups is 2. The minimum Gasteiger partial charge on any atom is -0.475 e. The molecule has 1 amide bonds. The molecule has 2 heterocycles. The number of carbonyl (C=O) groups excluding carboxylic acids is 2. The van der Waals surface area contributed by atoms with Crippen molar-refractivity contribution in [3.63, 3.8) is 0 Å². The van der Waals surface area contributed by atoms with Gasteiger partial charge in [-0.3, -0.25) is 14.5 Å². The van der Waals surface area contributed by atoms with Gasteiger partial charge in [0, 0.05) is 6.07 Å². The van der Waals surface area contributed by atoms with Crippen LogP contribution in [0.1, 0.15) is 18.4 Å². The van der Waals surface area contributed by atoms with Gasteiger partial charge in [-0.25, -0.2) is 22.5 Å². The monoisotopic (exact) mass is 454 g/mol. The summed E-state index contributed by atoms with van der Waals surface area (Å²) in [6.07, 6.45) is -1.79. The molecule has 0 spiro atoms. The summed E-state index contributed by atoms with van der Waals surface area (Å²) in [5.41, 5.74) is -0.0261. The highest BCUT2D eigenvalue weighted by Gasteiger charge is 2.38. The number of ether oxygens (including phenoxy) is 2. The van der Waals surface area contributed by atoms with E-state index in [0.717, 1.165) is 28.4 Å². The lowest BCUT2D eigenvalue weighted by Crippen LogP contribution is -2.46. The maximum atomic E-state index is 14.4. The van der Waals surface area contributed by atoms with Gasteiger partial charge >= 0.3 is 5.97 Å². The zero-order valence-corrected chi connectivity index (χ0v) is 16.8. The lowest BCUT2D eigenvalue weighted by atomic mass is 10.1. The number of hydrogen-bond acceptors (Lipinski definition) is 6. The largest absolute Gasteiger partial charge is 0.475 e. The molecule has 0 N–H and O–H groups in total. The van der Waals surface area contributed by atoms with Gasteiger partial charge in [0.2, 0.25) is 0 Å². The highest BCUT2D eigenvalue weighted by atomic mass is 32.1. The van der Waals surface area contributed by atoms with Crippen LogP contribution < -0.4 is 9.64 Å². The molecule has 1 aromatic heterocycles. The second kappa shape index (κ2) is 8.14. The van der Waals surface area contributed by atoms with Crippen LogP contribution in [-0.4, -0.2) is 29.6 Å². The van der Waals surface area contributed by atoms with E-state index in [1.165, 1.54) is 12.1 Å². The molecule has 1 atom stereocenters. The average molecular weight is 454 g/mol. The SMILES string of the molecule is CCOC(=O)CC1Oc2c(F)cccc2N(Cc2nc3cc(F)c(F)c(F)c3s2)C1=O. The fraction of sp³-hybridized carbons (Fsp3) is 0.250. The minimum atomic E-state index is -1.62. The molecule has 6 nitrogen and oxygen atoms in total. The Bertz CT molecular complexity index is 1200. The number of halogens is 4. The van der Waals surface area contributed by atoms with Crippen molar-refractivity contribution in [1.29, 1.82) is 0 Å². The molecule has 0 aliphatic carbocycles. The Labute approximate surface area is 177 Å². The van der Waals surface area contributed by atoms with E-state index in [9.17, 15) is 27.2 Å². The first-order valence-electron chi connectivity index (χ1n) is 9.15. The molecule has 0 saturated carbocycles. The number of esters is 1. The molecule has 31 heavy (non-hydrogen) atoms. The van der Waals surface area contributed by atoms with E-state index in [2.05, 4.69) is 4.98 Å². The van der Waals surface area contributed by atoms with Crippen LogP contribution in [0.5, 0.6) is 5.75 Å². The number of benzene rings is 2. The third kappa shape index (κ3) is 3.80. The molecule has 1 aliphatic heterocycles. The Kier molecular flexibility index (Phi) is 5.52. The fourth-order valence-electron chi connectivity index (χ4n) is 3.20. The molecule has 162 valence electrons. The van der Waals surface area contributed by atoms with Crippen molar-refractivity contribution >= 4 is 39.1 Å². The van der Waals surface area contributed by atoms with Gasteiger partial charge < -0.3 is 9.47 Å². The molecule has 4 rings (SSSR count). The number of hydrogen-bond donors (Lipinski definition) is 0. The van der Waals surface area contributed by atoms with Crippen LogP contribution in [0.15, 0.2) is 24.3 Å². The van der Waals surface area contributed by atoms with Crippen molar-refractivity contribution in [3.05, 3.63) is 52.5 Å². The van der Waals surface area contributed by atoms with Gasteiger partial charge in [0.25, 0.3) is 5.91 Å². The first kappa shape index (κ1) is 21.0. The lowest BCUT2D eigenvalue weighted by molar-refractivity contribution is -0.147. The number of nitrogens with zero attached hydrogens (tertiary/aromatic N) is 2. The summed E-state index contributed by atoms with van der Waals surface area (Å²) in [6.45, 7) is 1.44. The predicted octanol–water partition coefficient (Wildman–Crippen LogP) is 4.10. The maximum Gasteiger partial charge on any atom is 0.310 e. The molecule has 0 fully saturated rings. The molecule has 2 aromatic carbocycles. The average Bonchev–Trinajstić information content (AvgIpc) is 3.13. The van der Waals surface area contributed by atoms with Crippen LogP contribution in [0.4, 0.5) is 23.2 Å². The molecular formula is C20H14F4N2O4S. The summed E-state index contributed by atoms with van der Waals surface area (Å²) in [5, 5.41) is 0.152. The Balaban J connectivity index is 1.71. The second-order valence-electron chi connectivity index (χ2n) is 6.57. The summed E-state index contributed by atoms with van der Waals surface area (Å²) < 4.78 is 65.5. The summed E-state index contributed by atoms with van der Waals surface area (Å²) in [5.74, 6) is -6.72. The zero-order chi connectivity index (χ0) is 22.3. The predicted molar refractivity (Wildman–Crippen MR) is 103 cm³/mol. The van der Waals surface area contributed by atoms with E-state index in [-0.39, 0.29) is 39.8 Å². The third-order valence-corrected chi connectivity index (χ3v) is 5.60. The number of anilines is 1. The Morgan fingerprint density at radius 3 is 2.74 bits per heavy atom. The molecule has 0 radical (unpaired) electrons. The number of amides is 1. The molecule has 1 unspecified atom stereocenters. The Morgan fingerprint density at radius 1 is 1.23 bits per heavy atom. The molecule has 0 bridgehead atoms. The molecule has 0 saturated heterocycles. The Hall–Kier alpha value is -3.21. The van der Waals surface area contributed by atoms with Crippen molar-refractivity contribution in [2.24, 2.45) is 0 Å². The summed E-state index contributed by atoms with van der Waals surface area (Å²) in [7, 11) is 0. The molecule has 1 aliphatic rings. The molecule has 3 aromatic rings. The van der Waals surface area contributed by atoms with Crippen molar-refractivity contribution in [2.75, 3.05) is 11.5 Å². The third-order valence-electron chi connectivity index (χ3n) is 4.55. The topological polar surface area (TPSA) is 68.7 Å². The van der Waals surface area contributed by atoms with Crippen LogP contribution in [0, 0.1) is 23.3 Å². The van der Waals surface area contributed by atoms with E-state index >= 15 is 0 Å². The number of rotatable bonds is 5. The van der Waals surface area contributed by atoms with Gasteiger partial charge in [0.05, 0.1) is 35.5 Å². The summed E-state index contributed by atoms with van der Waals surface area (Å²) in [4.78, 5) is 30.0. The van der Waals surface area contributed by atoms with Crippen LogP contribution in [0.25, 0.3) is 10.2 Å². The van der Waals surface area contributed by atoms with Crippen molar-refractivity contribution in [1.82, 2.24) is 4.98 Å². The first-order valence-corrected chi connectivity index (χ1v) is 9.96. The molecular weight excluding hydrogens is 440 g/mol. The van der Waals surface area contributed by atoms with E-state index in [1.54, 1.807) is 6.92 Å². The number of thiazole rings is 1. The molecule has 11 heteroatoms. The van der Waals surface area contributed by atoms with Gasteiger partial charge in [0.1, 0.15) is 5.01 Å². The van der Waals surface area contributed by atoms with E-state index in [1.807, 2.05) is 0 Å². The van der Waals surface area contributed by atoms with Crippen LogP contribution in [-0.2, 0) is 20.9 Å². The van der Waals surface area contributed by atoms with Crippen molar-refractivity contribution in [3.8, 4) is 5.75 Å². The quantitative estimate of drug-likeness (QED) is 0.330. The number of para-hydroxylation sites is 1. The van der Waals surface area contributed by atoms with Gasteiger partial charge in [-0.1, -0.05) is 6.07 Å².